The number of nitrogens with two attached hydrogens (primary N) is 1. The number of halogens is 1. The molecular weight excluding hydrogens is 288 g/mol. The third-order valence-corrected chi connectivity index (χ3v) is 4.73. The lowest BCUT2D eigenvalue weighted by molar-refractivity contribution is 0.464. The van der Waals surface area contributed by atoms with Crippen molar-refractivity contribution in [3.63, 3.8) is 0 Å². The summed E-state index contributed by atoms with van der Waals surface area (Å²) in [6.45, 7) is 0.130. The lowest BCUT2D eigenvalue weighted by Crippen LogP contribution is -2.27. The molecule has 2 aromatic rings. The van der Waals surface area contributed by atoms with E-state index in [2.05, 4.69) is 10.2 Å². The van der Waals surface area contributed by atoms with Gasteiger partial charge in [0.05, 0.1) is 6.20 Å². The van der Waals surface area contributed by atoms with Crippen LogP contribution in [0.15, 0.2) is 35.5 Å². The number of hydrogen-bond donors (Lipinski definition) is 2. The van der Waals surface area contributed by atoms with Crippen LogP contribution < -0.4 is 5.73 Å². The number of aromatic amines is 1. The number of nitrogens with zero attached hydrogens (tertiary/aromatic N) is 2. The molecule has 0 saturated heterocycles. The van der Waals surface area contributed by atoms with Gasteiger partial charge < -0.3 is 5.73 Å². The standard InChI is InChI=1S/C11H13ClN4O2S/c1-16(19(17,18)11-4-5-14-15-11)7-8-6-9(13)2-3-10(8)12/h2-6H,7,13H2,1H3,(H,14,15). The summed E-state index contributed by atoms with van der Waals surface area (Å²) >= 11 is 6.02. The van der Waals surface area contributed by atoms with Crippen molar-refractivity contribution in [2.24, 2.45) is 0 Å². The van der Waals surface area contributed by atoms with Crippen molar-refractivity contribution < 1.29 is 8.42 Å². The van der Waals surface area contributed by atoms with Gasteiger partial charge in [0.25, 0.3) is 10.0 Å². The average molecular weight is 301 g/mol. The largest absolute Gasteiger partial charge is 0.399 e. The van der Waals surface area contributed by atoms with Gasteiger partial charge in [-0.2, -0.15) is 9.40 Å². The maximum Gasteiger partial charge on any atom is 0.260 e. The maximum atomic E-state index is 12.2. The van der Waals surface area contributed by atoms with E-state index in [1.807, 2.05) is 0 Å². The molecule has 0 aliphatic heterocycles. The summed E-state index contributed by atoms with van der Waals surface area (Å²) < 4.78 is 25.5. The first-order chi connectivity index (χ1) is 8.91. The number of nitrogen functional groups attached to an aromatic ring is 1. The van der Waals surface area contributed by atoms with E-state index in [1.54, 1.807) is 18.2 Å². The Morgan fingerprint density at radius 2 is 2.16 bits per heavy atom. The van der Waals surface area contributed by atoms with Gasteiger partial charge in [-0.3, -0.25) is 5.10 Å². The van der Waals surface area contributed by atoms with E-state index in [0.29, 0.717) is 16.3 Å². The fourth-order valence-electron chi connectivity index (χ4n) is 1.60. The fourth-order valence-corrected chi connectivity index (χ4v) is 2.82. The molecule has 1 heterocycles. The van der Waals surface area contributed by atoms with Crippen LogP contribution >= 0.6 is 11.6 Å². The van der Waals surface area contributed by atoms with E-state index < -0.39 is 10.0 Å². The molecule has 0 spiro atoms. The molecule has 0 fully saturated rings. The molecule has 0 amide bonds. The van der Waals surface area contributed by atoms with E-state index in [0.717, 1.165) is 0 Å². The molecule has 3 N–H and O–H groups in total. The number of anilines is 1. The van der Waals surface area contributed by atoms with Crippen LogP contribution in [0.4, 0.5) is 5.69 Å². The molecule has 0 aliphatic carbocycles. The highest BCUT2D eigenvalue weighted by Crippen LogP contribution is 2.22. The minimum atomic E-state index is -3.61. The van der Waals surface area contributed by atoms with E-state index in [4.69, 9.17) is 17.3 Å². The van der Waals surface area contributed by atoms with Crippen molar-refractivity contribution >= 4 is 27.3 Å². The van der Waals surface area contributed by atoms with Gasteiger partial charge in [-0.05, 0) is 29.8 Å². The zero-order chi connectivity index (χ0) is 14.0. The van der Waals surface area contributed by atoms with Gasteiger partial charge in [-0.15, -0.1) is 0 Å². The first-order valence-corrected chi connectivity index (χ1v) is 7.22. The van der Waals surface area contributed by atoms with Gasteiger partial charge in [0.15, 0.2) is 5.03 Å². The van der Waals surface area contributed by atoms with Crippen LogP contribution in [0.2, 0.25) is 5.02 Å². The third kappa shape index (κ3) is 2.89. The quantitative estimate of drug-likeness (QED) is 0.836. The Morgan fingerprint density at radius 3 is 2.79 bits per heavy atom. The van der Waals surface area contributed by atoms with Crippen LogP contribution in [0, 0.1) is 0 Å². The number of rotatable bonds is 4. The first-order valence-electron chi connectivity index (χ1n) is 5.41. The number of nitrogens with one attached hydrogen (secondary N) is 1. The fraction of sp³-hybridized carbons (Fsp3) is 0.182. The first kappa shape index (κ1) is 13.9. The van der Waals surface area contributed by atoms with Gasteiger partial charge in [0.2, 0.25) is 0 Å². The molecule has 2 rings (SSSR count). The molecule has 0 atom stereocenters. The van der Waals surface area contributed by atoms with E-state index in [1.165, 1.54) is 23.6 Å². The molecule has 0 bridgehead atoms. The van der Waals surface area contributed by atoms with Crippen LogP contribution in [0.5, 0.6) is 0 Å². The van der Waals surface area contributed by atoms with Crippen LogP contribution in [-0.4, -0.2) is 30.0 Å². The van der Waals surface area contributed by atoms with Crippen molar-refractivity contribution in [3.05, 3.63) is 41.0 Å². The number of hydrogen-bond acceptors (Lipinski definition) is 4. The van der Waals surface area contributed by atoms with Gasteiger partial charge >= 0.3 is 0 Å². The SMILES string of the molecule is CN(Cc1cc(N)ccc1Cl)S(=O)(=O)c1ccn[nH]1. The van der Waals surface area contributed by atoms with E-state index in [-0.39, 0.29) is 11.6 Å². The van der Waals surface area contributed by atoms with Gasteiger partial charge in [-0.1, -0.05) is 11.6 Å². The average Bonchev–Trinajstić information content (AvgIpc) is 2.88. The lowest BCUT2D eigenvalue weighted by atomic mass is 10.2. The third-order valence-electron chi connectivity index (χ3n) is 2.63. The minimum absolute atomic E-state index is 0.0371. The highest BCUT2D eigenvalue weighted by atomic mass is 35.5. The highest BCUT2D eigenvalue weighted by Gasteiger charge is 2.22. The van der Waals surface area contributed by atoms with E-state index in [9.17, 15) is 8.42 Å². The van der Waals surface area contributed by atoms with Crippen LogP contribution in [0.25, 0.3) is 0 Å². The summed E-state index contributed by atoms with van der Waals surface area (Å²) in [5, 5.41) is 6.58. The zero-order valence-electron chi connectivity index (χ0n) is 10.2. The second-order valence-corrected chi connectivity index (χ2v) is 6.45. The lowest BCUT2D eigenvalue weighted by Gasteiger charge is -2.17. The van der Waals surface area contributed by atoms with Crippen LogP contribution in [0.1, 0.15) is 5.56 Å². The van der Waals surface area contributed by atoms with Crippen molar-refractivity contribution in [2.45, 2.75) is 11.6 Å². The number of sulfonamides is 1. The van der Waals surface area contributed by atoms with Gasteiger partial charge in [-0.25, -0.2) is 8.42 Å². The summed E-state index contributed by atoms with van der Waals surface area (Å²) in [6, 6.07) is 6.35. The Hall–Kier alpha value is -1.57. The van der Waals surface area contributed by atoms with Gasteiger partial charge in [0.1, 0.15) is 0 Å². The molecule has 0 saturated carbocycles. The van der Waals surface area contributed by atoms with Crippen molar-refractivity contribution in [2.75, 3.05) is 12.8 Å². The topological polar surface area (TPSA) is 92.1 Å². The molecule has 19 heavy (non-hydrogen) atoms. The highest BCUT2D eigenvalue weighted by molar-refractivity contribution is 7.89. The Morgan fingerprint density at radius 1 is 1.42 bits per heavy atom. The molecule has 8 heteroatoms. The zero-order valence-corrected chi connectivity index (χ0v) is 11.7. The molecule has 0 unspecified atom stereocenters. The molecule has 6 nitrogen and oxygen atoms in total. The molecular formula is C11H13ClN4O2S. The Labute approximate surface area is 116 Å². The van der Waals surface area contributed by atoms with Crippen molar-refractivity contribution in [1.82, 2.24) is 14.5 Å². The Kier molecular flexibility index (Phi) is 3.79. The molecule has 1 aromatic heterocycles. The predicted octanol–water partition coefficient (Wildman–Crippen LogP) is 1.47. The summed E-state index contributed by atoms with van der Waals surface area (Å²) in [6.07, 6.45) is 1.38. The van der Waals surface area contributed by atoms with Crippen molar-refractivity contribution in [3.8, 4) is 0 Å². The summed E-state index contributed by atoms with van der Waals surface area (Å²) in [5.41, 5.74) is 6.84. The second kappa shape index (κ2) is 5.20. The smallest absolute Gasteiger partial charge is 0.260 e. The van der Waals surface area contributed by atoms with Crippen molar-refractivity contribution in [1.29, 1.82) is 0 Å². The molecule has 0 aliphatic rings. The van der Waals surface area contributed by atoms with E-state index >= 15 is 0 Å². The van der Waals surface area contributed by atoms with Crippen LogP contribution in [0.3, 0.4) is 0 Å². The number of aromatic nitrogens is 2. The van der Waals surface area contributed by atoms with Gasteiger partial charge in [0, 0.05) is 24.3 Å². The molecule has 102 valence electrons. The number of H-pyrrole nitrogens is 1. The van der Waals surface area contributed by atoms with Crippen LogP contribution in [-0.2, 0) is 16.6 Å². The summed E-state index contributed by atoms with van der Waals surface area (Å²) in [4.78, 5) is 0. The predicted molar refractivity (Wildman–Crippen MR) is 73.1 cm³/mol. The normalized spacial score (nSPS) is 11.9. The minimum Gasteiger partial charge on any atom is -0.399 e. The number of benzene rings is 1. The Bertz CT molecular complexity index is 670. The maximum absolute atomic E-state index is 12.2. The summed E-state index contributed by atoms with van der Waals surface area (Å²) in [5.74, 6) is 0. The second-order valence-electron chi connectivity index (χ2n) is 4.03. The summed E-state index contributed by atoms with van der Waals surface area (Å²) in [7, 11) is -2.14. The monoisotopic (exact) mass is 300 g/mol. The molecule has 1 aromatic carbocycles. The molecule has 0 radical (unpaired) electrons. The Balaban J connectivity index is 2.26.